The number of fused-ring (bicyclic) bond motifs is 1. The third-order valence-electron chi connectivity index (χ3n) is 3.18. The second-order valence-electron chi connectivity index (χ2n) is 5.28. The Bertz CT molecular complexity index is 517. The summed E-state index contributed by atoms with van der Waals surface area (Å²) >= 11 is 6.11. The van der Waals surface area contributed by atoms with Gasteiger partial charge in [0.2, 0.25) is 0 Å². The highest BCUT2D eigenvalue weighted by Gasteiger charge is 2.22. The number of aromatic nitrogens is 1. The largest absolute Gasteiger partial charge is 0.256 e. The SMILES string of the molecule is CC(Cl)CC(C)(C)c1ccc2cccnc2c1. The third kappa shape index (κ3) is 2.78. The zero-order chi connectivity index (χ0) is 12.5. The van der Waals surface area contributed by atoms with Crippen molar-refractivity contribution < 1.29 is 0 Å². The molecule has 1 aromatic carbocycles. The summed E-state index contributed by atoms with van der Waals surface area (Å²) in [5, 5.41) is 1.37. The molecule has 90 valence electrons. The Labute approximate surface area is 108 Å². The van der Waals surface area contributed by atoms with Crippen LogP contribution in [-0.2, 0) is 5.41 Å². The summed E-state index contributed by atoms with van der Waals surface area (Å²) in [4.78, 5) is 4.40. The van der Waals surface area contributed by atoms with Gasteiger partial charge in [0.15, 0.2) is 0 Å². The molecule has 1 atom stereocenters. The Morgan fingerprint density at radius 2 is 2.06 bits per heavy atom. The zero-order valence-corrected chi connectivity index (χ0v) is 11.3. The van der Waals surface area contributed by atoms with Crippen LogP contribution in [0.5, 0.6) is 0 Å². The van der Waals surface area contributed by atoms with E-state index in [4.69, 9.17) is 11.6 Å². The average Bonchev–Trinajstić information content (AvgIpc) is 2.26. The van der Waals surface area contributed by atoms with Crippen LogP contribution in [0.1, 0.15) is 32.8 Å². The van der Waals surface area contributed by atoms with Gasteiger partial charge < -0.3 is 0 Å². The monoisotopic (exact) mass is 247 g/mol. The number of pyridine rings is 1. The number of alkyl halides is 1. The van der Waals surface area contributed by atoms with Gasteiger partial charge >= 0.3 is 0 Å². The Hall–Kier alpha value is -1.08. The van der Waals surface area contributed by atoms with Gasteiger partial charge in [0.1, 0.15) is 0 Å². The van der Waals surface area contributed by atoms with Crippen LogP contribution in [0.2, 0.25) is 0 Å². The Morgan fingerprint density at radius 3 is 2.76 bits per heavy atom. The van der Waals surface area contributed by atoms with Crippen molar-refractivity contribution in [3.05, 3.63) is 42.1 Å². The Morgan fingerprint density at radius 1 is 1.29 bits per heavy atom. The normalized spacial score (nSPS) is 13.9. The Kier molecular flexibility index (Phi) is 3.39. The molecular formula is C15H18ClN. The predicted molar refractivity (Wildman–Crippen MR) is 74.7 cm³/mol. The maximum absolute atomic E-state index is 6.11. The summed E-state index contributed by atoms with van der Waals surface area (Å²) < 4.78 is 0. The van der Waals surface area contributed by atoms with Crippen molar-refractivity contribution in [1.29, 1.82) is 0 Å². The number of hydrogen-bond donors (Lipinski definition) is 0. The number of rotatable bonds is 3. The highest BCUT2D eigenvalue weighted by atomic mass is 35.5. The molecule has 0 bridgehead atoms. The summed E-state index contributed by atoms with van der Waals surface area (Å²) in [6.07, 6.45) is 2.80. The first kappa shape index (κ1) is 12.4. The smallest absolute Gasteiger partial charge is 0.0704 e. The van der Waals surface area contributed by atoms with Crippen molar-refractivity contribution in [3.63, 3.8) is 0 Å². The van der Waals surface area contributed by atoms with E-state index >= 15 is 0 Å². The van der Waals surface area contributed by atoms with E-state index < -0.39 is 0 Å². The van der Waals surface area contributed by atoms with Crippen molar-refractivity contribution in [2.45, 2.75) is 38.0 Å². The summed E-state index contributed by atoms with van der Waals surface area (Å²) in [7, 11) is 0. The molecule has 0 saturated carbocycles. The lowest BCUT2D eigenvalue weighted by Crippen LogP contribution is -2.20. The first-order chi connectivity index (χ1) is 7.99. The standard InChI is InChI=1S/C15H18ClN/c1-11(16)10-15(2,3)13-7-6-12-5-4-8-17-14(12)9-13/h4-9,11H,10H2,1-3H3. The van der Waals surface area contributed by atoms with Crippen LogP contribution >= 0.6 is 11.6 Å². The molecule has 0 radical (unpaired) electrons. The third-order valence-corrected chi connectivity index (χ3v) is 3.33. The van der Waals surface area contributed by atoms with Crippen molar-refractivity contribution in [3.8, 4) is 0 Å². The molecule has 1 unspecified atom stereocenters. The van der Waals surface area contributed by atoms with Crippen LogP contribution in [0.25, 0.3) is 10.9 Å². The molecule has 0 spiro atoms. The van der Waals surface area contributed by atoms with Gasteiger partial charge in [0.25, 0.3) is 0 Å². The minimum Gasteiger partial charge on any atom is -0.256 e. The van der Waals surface area contributed by atoms with E-state index in [0.29, 0.717) is 0 Å². The van der Waals surface area contributed by atoms with E-state index in [1.165, 1.54) is 10.9 Å². The fourth-order valence-electron chi connectivity index (χ4n) is 2.31. The quantitative estimate of drug-likeness (QED) is 0.727. The van der Waals surface area contributed by atoms with Crippen molar-refractivity contribution in [2.24, 2.45) is 0 Å². The topological polar surface area (TPSA) is 12.9 Å². The van der Waals surface area contributed by atoms with Gasteiger partial charge in [-0.3, -0.25) is 4.98 Å². The second-order valence-corrected chi connectivity index (χ2v) is 6.02. The lowest BCUT2D eigenvalue weighted by atomic mass is 9.80. The van der Waals surface area contributed by atoms with Crippen LogP contribution in [0.4, 0.5) is 0 Å². The van der Waals surface area contributed by atoms with Gasteiger partial charge in [-0.15, -0.1) is 11.6 Å². The van der Waals surface area contributed by atoms with Gasteiger partial charge in [-0.2, -0.15) is 0 Å². The van der Waals surface area contributed by atoms with Gasteiger partial charge in [-0.05, 0) is 36.5 Å². The van der Waals surface area contributed by atoms with Crippen molar-refractivity contribution >= 4 is 22.5 Å². The molecule has 0 fully saturated rings. The molecule has 2 rings (SSSR count). The lowest BCUT2D eigenvalue weighted by Gasteiger charge is -2.26. The van der Waals surface area contributed by atoms with Gasteiger partial charge in [0, 0.05) is 17.0 Å². The van der Waals surface area contributed by atoms with Crippen molar-refractivity contribution in [2.75, 3.05) is 0 Å². The van der Waals surface area contributed by atoms with Crippen LogP contribution in [0, 0.1) is 0 Å². The number of halogens is 1. The first-order valence-electron chi connectivity index (χ1n) is 5.98. The maximum atomic E-state index is 6.11. The fraction of sp³-hybridized carbons (Fsp3) is 0.400. The summed E-state index contributed by atoms with van der Waals surface area (Å²) in [6.45, 7) is 6.51. The van der Waals surface area contributed by atoms with Gasteiger partial charge in [0.05, 0.1) is 5.52 Å². The fourth-order valence-corrected chi connectivity index (χ4v) is 2.69. The van der Waals surface area contributed by atoms with Gasteiger partial charge in [-0.1, -0.05) is 32.0 Å². The predicted octanol–water partition coefficient (Wildman–Crippen LogP) is 4.53. The molecular weight excluding hydrogens is 230 g/mol. The number of nitrogens with zero attached hydrogens (tertiary/aromatic N) is 1. The molecule has 0 amide bonds. The van der Waals surface area contributed by atoms with E-state index in [-0.39, 0.29) is 10.8 Å². The molecule has 2 heteroatoms. The highest BCUT2D eigenvalue weighted by Crippen LogP contribution is 2.31. The minimum absolute atomic E-state index is 0.0902. The number of benzene rings is 1. The molecule has 0 N–H and O–H groups in total. The lowest BCUT2D eigenvalue weighted by molar-refractivity contribution is 0.477. The molecule has 0 saturated heterocycles. The molecule has 1 nitrogen and oxygen atoms in total. The van der Waals surface area contributed by atoms with E-state index in [1.54, 1.807) is 0 Å². The number of hydrogen-bond acceptors (Lipinski definition) is 1. The zero-order valence-electron chi connectivity index (χ0n) is 10.6. The molecule has 0 aliphatic carbocycles. The van der Waals surface area contributed by atoms with Gasteiger partial charge in [-0.25, -0.2) is 0 Å². The van der Waals surface area contributed by atoms with Crippen molar-refractivity contribution in [1.82, 2.24) is 4.98 Å². The Balaban J connectivity index is 2.42. The summed E-state index contributed by atoms with van der Waals surface area (Å²) in [6, 6.07) is 10.5. The highest BCUT2D eigenvalue weighted by molar-refractivity contribution is 6.20. The molecule has 0 aliphatic heterocycles. The summed E-state index contributed by atoms with van der Waals surface area (Å²) in [5.41, 5.74) is 2.45. The van der Waals surface area contributed by atoms with E-state index in [0.717, 1.165) is 11.9 Å². The second kappa shape index (κ2) is 4.66. The molecule has 1 aromatic heterocycles. The van der Waals surface area contributed by atoms with E-state index in [1.807, 2.05) is 19.2 Å². The van der Waals surface area contributed by atoms with E-state index in [9.17, 15) is 0 Å². The molecule has 1 heterocycles. The van der Waals surface area contributed by atoms with Crippen LogP contribution in [0.15, 0.2) is 36.5 Å². The molecule has 0 aliphatic rings. The van der Waals surface area contributed by atoms with E-state index in [2.05, 4.69) is 43.1 Å². The molecule has 2 aromatic rings. The first-order valence-corrected chi connectivity index (χ1v) is 6.42. The minimum atomic E-state index is 0.0902. The average molecular weight is 248 g/mol. The molecule has 17 heavy (non-hydrogen) atoms. The summed E-state index contributed by atoms with van der Waals surface area (Å²) in [5.74, 6) is 0. The van der Waals surface area contributed by atoms with Crippen LogP contribution in [-0.4, -0.2) is 10.4 Å². The maximum Gasteiger partial charge on any atom is 0.0704 e. The van der Waals surface area contributed by atoms with Crippen LogP contribution < -0.4 is 0 Å². The van der Waals surface area contributed by atoms with Crippen LogP contribution in [0.3, 0.4) is 0 Å².